The van der Waals surface area contributed by atoms with Crippen molar-refractivity contribution in [2.75, 3.05) is 5.32 Å². The lowest BCUT2D eigenvalue weighted by atomic mass is 10.1. The lowest BCUT2D eigenvalue weighted by Gasteiger charge is -2.15. The summed E-state index contributed by atoms with van der Waals surface area (Å²) in [5.74, 6) is 0.452. The van der Waals surface area contributed by atoms with Gasteiger partial charge in [0.1, 0.15) is 11.6 Å². The molecular weight excluding hydrogens is 403 g/mol. The zero-order chi connectivity index (χ0) is 22.5. The number of nitrogens with zero attached hydrogens (tertiary/aromatic N) is 2. The number of anilines is 2. The molecule has 4 rings (SSSR count). The van der Waals surface area contributed by atoms with Gasteiger partial charge in [-0.2, -0.15) is 0 Å². The Morgan fingerprint density at radius 3 is 2.53 bits per heavy atom. The van der Waals surface area contributed by atoms with Crippen molar-refractivity contribution in [3.63, 3.8) is 0 Å². The van der Waals surface area contributed by atoms with E-state index in [9.17, 15) is 9.18 Å². The van der Waals surface area contributed by atoms with Crippen molar-refractivity contribution in [2.45, 2.75) is 19.9 Å². The lowest BCUT2D eigenvalue weighted by Crippen LogP contribution is -2.26. The molecular formula is C26H23FN4O. The zero-order valence-electron chi connectivity index (χ0n) is 17.8. The van der Waals surface area contributed by atoms with Gasteiger partial charge in [0.2, 0.25) is 0 Å². The van der Waals surface area contributed by atoms with Crippen LogP contribution in [0.1, 0.15) is 34.5 Å². The summed E-state index contributed by atoms with van der Waals surface area (Å²) >= 11 is 0. The molecule has 32 heavy (non-hydrogen) atoms. The summed E-state index contributed by atoms with van der Waals surface area (Å²) in [5.41, 5.74) is 4.06. The number of benzene rings is 3. The average molecular weight is 426 g/mol. The number of amides is 1. The van der Waals surface area contributed by atoms with Crippen molar-refractivity contribution in [2.24, 2.45) is 0 Å². The minimum absolute atomic E-state index is 0.115. The Kier molecular flexibility index (Phi) is 6.22. The number of carbonyl (C=O) groups excluding carboxylic acids is 1. The third-order valence-corrected chi connectivity index (χ3v) is 5.06. The third-order valence-electron chi connectivity index (χ3n) is 5.06. The van der Waals surface area contributed by atoms with Crippen LogP contribution in [-0.2, 0) is 0 Å². The molecule has 1 heterocycles. The van der Waals surface area contributed by atoms with Gasteiger partial charge in [-0.05, 0) is 55.8 Å². The van der Waals surface area contributed by atoms with E-state index >= 15 is 0 Å². The molecule has 6 heteroatoms. The van der Waals surface area contributed by atoms with Gasteiger partial charge in [-0.3, -0.25) is 4.79 Å². The highest BCUT2D eigenvalue weighted by atomic mass is 19.1. The van der Waals surface area contributed by atoms with Crippen LogP contribution in [0.4, 0.5) is 15.9 Å². The van der Waals surface area contributed by atoms with Gasteiger partial charge >= 0.3 is 0 Å². The quantitative estimate of drug-likeness (QED) is 0.407. The number of halogens is 1. The first kappa shape index (κ1) is 21.2. The molecule has 1 atom stereocenters. The molecule has 0 unspecified atom stereocenters. The molecule has 5 nitrogen and oxygen atoms in total. The SMILES string of the molecule is Cc1ccc([C@@H](C)NC(=O)c2cccc(Nc3ccnc(-c4cccc(F)c4)n3)c2)cc1. The number of aryl methyl sites for hydroxylation is 1. The Morgan fingerprint density at radius 1 is 0.969 bits per heavy atom. The maximum absolute atomic E-state index is 13.5. The summed E-state index contributed by atoms with van der Waals surface area (Å²) in [7, 11) is 0. The Bertz CT molecular complexity index is 1240. The first-order valence-corrected chi connectivity index (χ1v) is 10.3. The third kappa shape index (κ3) is 5.16. The molecule has 1 aromatic heterocycles. The maximum Gasteiger partial charge on any atom is 0.251 e. The lowest BCUT2D eigenvalue weighted by molar-refractivity contribution is 0.0940. The zero-order valence-corrected chi connectivity index (χ0v) is 17.8. The van der Waals surface area contributed by atoms with Crippen LogP contribution in [0, 0.1) is 12.7 Å². The van der Waals surface area contributed by atoms with Gasteiger partial charge in [0, 0.05) is 23.0 Å². The van der Waals surface area contributed by atoms with Gasteiger partial charge in [-0.15, -0.1) is 0 Å². The Hall–Kier alpha value is -4.06. The van der Waals surface area contributed by atoms with Gasteiger partial charge in [0.05, 0.1) is 6.04 Å². The van der Waals surface area contributed by atoms with E-state index in [4.69, 9.17) is 0 Å². The molecule has 3 aromatic carbocycles. The summed E-state index contributed by atoms with van der Waals surface area (Å²) < 4.78 is 13.5. The predicted molar refractivity (Wildman–Crippen MR) is 124 cm³/mol. The second-order valence-corrected chi connectivity index (χ2v) is 7.59. The molecule has 2 N–H and O–H groups in total. The van der Waals surface area contributed by atoms with Crippen LogP contribution in [-0.4, -0.2) is 15.9 Å². The molecule has 0 saturated carbocycles. The fourth-order valence-corrected chi connectivity index (χ4v) is 3.30. The highest BCUT2D eigenvalue weighted by Crippen LogP contribution is 2.21. The van der Waals surface area contributed by atoms with Crippen LogP contribution in [0.2, 0.25) is 0 Å². The van der Waals surface area contributed by atoms with Crippen LogP contribution < -0.4 is 10.6 Å². The largest absolute Gasteiger partial charge is 0.346 e. The summed E-state index contributed by atoms with van der Waals surface area (Å²) in [6.07, 6.45) is 1.61. The molecule has 0 aliphatic carbocycles. The standard InChI is InChI=1S/C26H23FN4O/c1-17-9-11-19(12-10-17)18(2)29-26(32)21-6-4-8-23(16-21)30-24-13-14-28-25(31-24)20-5-3-7-22(27)15-20/h3-16,18H,1-2H3,(H,29,32)(H,28,30,31)/t18-/m1/s1. The molecule has 0 radical (unpaired) electrons. The Balaban J connectivity index is 1.48. The Labute approximate surface area is 186 Å². The fraction of sp³-hybridized carbons (Fsp3) is 0.115. The topological polar surface area (TPSA) is 66.9 Å². The van der Waals surface area contributed by atoms with Gasteiger partial charge in [-0.1, -0.05) is 48.0 Å². The molecule has 0 saturated heterocycles. The molecule has 0 aliphatic heterocycles. The van der Waals surface area contributed by atoms with Gasteiger partial charge in [0.15, 0.2) is 5.82 Å². The average Bonchev–Trinajstić information content (AvgIpc) is 2.80. The van der Waals surface area contributed by atoms with Gasteiger partial charge in [-0.25, -0.2) is 14.4 Å². The smallest absolute Gasteiger partial charge is 0.251 e. The van der Waals surface area contributed by atoms with Crippen LogP contribution in [0.15, 0.2) is 85.1 Å². The number of aromatic nitrogens is 2. The number of nitrogens with one attached hydrogen (secondary N) is 2. The predicted octanol–water partition coefficient (Wildman–Crippen LogP) is 5.83. The molecule has 0 spiro atoms. The van der Waals surface area contributed by atoms with E-state index in [-0.39, 0.29) is 17.8 Å². The van der Waals surface area contributed by atoms with E-state index < -0.39 is 0 Å². The number of rotatable bonds is 6. The van der Waals surface area contributed by atoms with Gasteiger partial charge in [0.25, 0.3) is 5.91 Å². The van der Waals surface area contributed by atoms with Gasteiger partial charge < -0.3 is 10.6 Å². The minimum atomic E-state index is -0.344. The first-order valence-electron chi connectivity index (χ1n) is 10.3. The maximum atomic E-state index is 13.5. The summed E-state index contributed by atoms with van der Waals surface area (Å²) in [6, 6.07) is 23.0. The first-order chi connectivity index (χ1) is 15.5. The van der Waals surface area contributed by atoms with Crippen molar-refractivity contribution in [1.82, 2.24) is 15.3 Å². The Morgan fingerprint density at radius 2 is 1.75 bits per heavy atom. The molecule has 0 aliphatic rings. The van der Waals surface area contributed by atoms with Crippen LogP contribution in [0.5, 0.6) is 0 Å². The summed E-state index contributed by atoms with van der Waals surface area (Å²) in [4.78, 5) is 21.5. The van der Waals surface area contributed by atoms with E-state index in [1.54, 1.807) is 36.5 Å². The van der Waals surface area contributed by atoms with E-state index in [1.807, 2.05) is 50.2 Å². The molecule has 0 fully saturated rings. The molecule has 1 amide bonds. The molecule has 4 aromatic rings. The van der Waals surface area contributed by atoms with Crippen molar-refractivity contribution >= 4 is 17.4 Å². The summed E-state index contributed by atoms with van der Waals surface area (Å²) in [6.45, 7) is 3.99. The second kappa shape index (κ2) is 9.39. The van der Waals surface area contributed by atoms with Crippen LogP contribution >= 0.6 is 0 Å². The number of hydrogen-bond acceptors (Lipinski definition) is 4. The van der Waals surface area contributed by atoms with Crippen LogP contribution in [0.25, 0.3) is 11.4 Å². The normalized spacial score (nSPS) is 11.6. The van der Waals surface area contributed by atoms with E-state index in [0.29, 0.717) is 28.5 Å². The van der Waals surface area contributed by atoms with Crippen LogP contribution in [0.3, 0.4) is 0 Å². The fourth-order valence-electron chi connectivity index (χ4n) is 3.30. The molecule has 0 bridgehead atoms. The van der Waals surface area contributed by atoms with E-state index in [2.05, 4.69) is 20.6 Å². The van der Waals surface area contributed by atoms with Crippen molar-refractivity contribution in [3.8, 4) is 11.4 Å². The summed E-state index contributed by atoms with van der Waals surface area (Å²) in [5, 5.41) is 6.22. The van der Waals surface area contributed by atoms with Crippen molar-refractivity contribution in [3.05, 3.63) is 108 Å². The highest BCUT2D eigenvalue weighted by molar-refractivity contribution is 5.95. The number of hydrogen-bond donors (Lipinski definition) is 2. The minimum Gasteiger partial charge on any atom is -0.346 e. The second-order valence-electron chi connectivity index (χ2n) is 7.59. The van der Waals surface area contributed by atoms with Crippen molar-refractivity contribution in [1.29, 1.82) is 0 Å². The molecule has 160 valence electrons. The highest BCUT2D eigenvalue weighted by Gasteiger charge is 2.12. The monoisotopic (exact) mass is 426 g/mol. The number of carbonyl (C=O) groups is 1. The van der Waals surface area contributed by atoms with Crippen molar-refractivity contribution < 1.29 is 9.18 Å². The van der Waals surface area contributed by atoms with E-state index in [1.165, 1.54) is 17.7 Å². The van der Waals surface area contributed by atoms with E-state index in [0.717, 1.165) is 5.56 Å².